The third-order valence-electron chi connectivity index (χ3n) is 3.51. The molecule has 2 rings (SSSR count). The lowest BCUT2D eigenvalue weighted by Gasteiger charge is -2.25. The average molecular weight is 301 g/mol. The summed E-state index contributed by atoms with van der Waals surface area (Å²) >= 11 is 0. The number of amides is 1. The first-order valence-corrected chi connectivity index (χ1v) is 7.09. The molecule has 1 aromatic heterocycles. The van der Waals surface area contributed by atoms with Crippen LogP contribution in [0.3, 0.4) is 0 Å². The van der Waals surface area contributed by atoms with Crippen molar-refractivity contribution < 1.29 is 9.18 Å². The van der Waals surface area contributed by atoms with Gasteiger partial charge in [-0.1, -0.05) is 29.8 Å². The van der Waals surface area contributed by atoms with Gasteiger partial charge in [0.25, 0.3) is 5.91 Å². The summed E-state index contributed by atoms with van der Waals surface area (Å²) in [6.07, 6.45) is 2.43. The van der Waals surface area contributed by atoms with Crippen LogP contribution in [0.15, 0.2) is 42.7 Å². The molecule has 5 heteroatoms. The van der Waals surface area contributed by atoms with Gasteiger partial charge in [0.15, 0.2) is 0 Å². The number of benzene rings is 1. The van der Waals surface area contributed by atoms with Crippen molar-refractivity contribution in [3.05, 3.63) is 65.2 Å². The number of likely N-dealkylation sites (N-methyl/N-ethyl adjacent to an activating group) is 1. The molecule has 22 heavy (non-hydrogen) atoms. The summed E-state index contributed by atoms with van der Waals surface area (Å²) in [7, 11) is 3.92. The van der Waals surface area contributed by atoms with Crippen LogP contribution in [0.5, 0.6) is 0 Å². The predicted octanol–water partition coefficient (Wildman–Crippen LogP) is 2.56. The van der Waals surface area contributed by atoms with E-state index < -0.39 is 5.82 Å². The first-order chi connectivity index (χ1) is 10.5. The van der Waals surface area contributed by atoms with Crippen molar-refractivity contribution in [2.45, 2.75) is 13.0 Å². The van der Waals surface area contributed by atoms with Gasteiger partial charge in [-0.15, -0.1) is 0 Å². The lowest BCUT2D eigenvalue weighted by atomic mass is 10.0. The maximum Gasteiger partial charge on any atom is 0.253 e. The number of carbonyl (C=O) groups is 1. The molecule has 0 saturated carbocycles. The van der Waals surface area contributed by atoms with E-state index >= 15 is 0 Å². The van der Waals surface area contributed by atoms with Gasteiger partial charge in [0.2, 0.25) is 0 Å². The smallest absolute Gasteiger partial charge is 0.253 e. The van der Waals surface area contributed by atoms with Gasteiger partial charge in [-0.25, -0.2) is 4.39 Å². The molecule has 0 saturated heterocycles. The van der Waals surface area contributed by atoms with Gasteiger partial charge in [-0.2, -0.15) is 0 Å². The van der Waals surface area contributed by atoms with E-state index in [1.54, 1.807) is 0 Å². The van der Waals surface area contributed by atoms with Crippen LogP contribution in [-0.2, 0) is 0 Å². The van der Waals surface area contributed by atoms with Crippen molar-refractivity contribution >= 4 is 5.91 Å². The molecular formula is C17H20FN3O. The highest BCUT2D eigenvalue weighted by Gasteiger charge is 2.16. The van der Waals surface area contributed by atoms with Crippen molar-refractivity contribution in [3.63, 3.8) is 0 Å². The third-order valence-corrected chi connectivity index (χ3v) is 3.51. The second-order valence-corrected chi connectivity index (χ2v) is 5.49. The number of pyridine rings is 1. The van der Waals surface area contributed by atoms with E-state index in [4.69, 9.17) is 0 Å². The Morgan fingerprint density at radius 1 is 1.27 bits per heavy atom. The second-order valence-electron chi connectivity index (χ2n) is 5.49. The van der Waals surface area contributed by atoms with E-state index in [9.17, 15) is 9.18 Å². The number of nitrogens with one attached hydrogen (secondary N) is 1. The number of hydrogen-bond acceptors (Lipinski definition) is 3. The number of aryl methyl sites for hydroxylation is 1. The SMILES string of the molecule is Cc1ccc([C@H](CNC(=O)c2cncc(F)c2)N(C)C)cc1. The number of carbonyl (C=O) groups excluding carboxylic acids is 1. The first kappa shape index (κ1) is 16.1. The van der Waals surface area contributed by atoms with Crippen molar-refractivity contribution in [1.82, 2.24) is 15.2 Å². The lowest BCUT2D eigenvalue weighted by molar-refractivity contribution is 0.0941. The summed E-state index contributed by atoms with van der Waals surface area (Å²) in [5.74, 6) is -0.846. The molecule has 0 unspecified atom stereocenters. The highest BCUT2D eigenvalue weighted by atomic mass is 19.1. The Kier molecular flexibility index (Phi) is 5.22. The zero-order valence-corrected chi connectivity index (χ0v) is 13.0. The van der Waals surface area contributed by atoms with Crippen LogP contribution in [0.2, 0.25) is 0 Å². The predicted molar refractivity (Wildman–Crippen MR) is 84.1 cm³/mol. The Morgan fingerprint density at radius 3 is 2.55 bits per heavy atom. The van der Waals surface area contributed by atoms with Crippen molar-refractivity contribution in [3.8, 4) is 0 Å². The summed E-state index contributed by atoms with van der Waals surface area (Å²) in [5.41, 5.74) is 2.53. The largest absolute Gasteiger partial charge is 0.350 e. The summed E-state index contributed by atoms with van der Waals surface area (Å²) < 4.78 is 13.1. The molecule has 0 aliphatic carbocycles. The molecule has 4 nitrogen and oxygen atoms in total. The van der Waals surface area contributed by atoms with E-state index in [2.05, 4.69) is 22.4 Å². The number of aromatic nitrogens is 1. The molecule has 0 aliphatic heterocycles. The number of rotatable bonds is 5. The maximum absolute atomic E-state index is 13.1. The minimum absolute atomic E-state index is 0.0473. The van der Waals surface area contributed by atoms with Crippen LogP contribution >= 0.6 is 0 Å². The summed E-state index contributed by atoms with van der Waals surface area (Å²) in [6, 6.07) is 9.42. The van der Waals surface area contributed by atoms with Gasteiger partial charge in [0, 0.05) is 12.7 Å². The van der Waals surface area contributed by atoms with E-state index in [1.165, 1.54) is 17.8 Å². The van der Waals surface area contributed by atoms with E-state index in [-0.39, 0.29) is 17.5 Å². The van der Waals surface area contributed by atoms with Crippen LogP contribution in [0.4, 0.5) is 4.39 Å². The molecule has 0 radical (unpaired) electrons. The fourth-order valence-corrected chi connectivity index (χ4v) is 2.21. The summed E-state index contributed by atoms with van der Waals surface area (Å²) in [4.78, 5) is 17.8. The summed E-state index contributed by atoms with van der Waals surface area (Å²) in [5, 5.41) is 2.83. The Hall–Kier alpha value is -2.27. The van der Waals surface area contributed by atoms with E-state index in [0.717, 1.165) is 11.8 Å². The molecule has 0 spiro atoms. The number of nitrogens with zero attached hydrogens (tertiary/aromatic N) is 2. The molecule has 1 aromatic carbocycles. The Balaban J connectivity index is 2.06. The van der Waals surface area contributed by atoms with Crippen LogP contribution in [0.1, 0.15) is 27.5 Å². The van der Waals surface area contributed by atoms with Gasteiger partial charge in [0.1, 0.15) is 5.82 Å². The molecule has 1 atom stereocenters. The maximum atomic E-state index is 13.1. The van der Waals surface area contributed by atoms with Crippen LogP contribution in [0, 0.1) is 12.7 Å². The van der Waals surface area contributed by atoms with Crippen LogP contribution in [-0.4, -0.2) is 36.4 Å². The Morgan fingerprint density at radius 2 is 1.95 bits per heavy atom. The van der Waals surface area contributed by atoms with Crippen LogP contribution < -0.4 is 5.32 Å². The molecular weight excluding hydrogens is 281 g/mol. The number of hydrogen-bond donors (Lipinski definition) is 1. The molecule has 116 valence electrons. The van der Waals surface area contributed by atoms with E-state index in [0.29, 0.717) is 6.54 Å². The fourth-order valence-electron chi connectivity index (χ4n) is 2.21. The highest BCUT2D eigenvalue weighted by molar-refractivity contribution is 5.93. The fraction of sp³-hybridized carbons (Fsp3) is 0.294. The first-order valence-electron chi connectivity index (χ1n) is 7.09. The minimum atomic E-state index is -0.518. The highest BCUT2D eigenvalue weighted by Crippen LogP contribution is 2.18. The minimum Gasteiger partial charge on any atom is -0.350 e. The zero-order valence-electron chi connectivity index (χ0n) is 13.0. The lowest BCUT2D eigenvalue weighted by Crippen LogP contribution is -2.34. The van der Waals surface area contributed by atoms with E-state index in [1.807, 2.05) is 38.1 Å². The molecule has 0 aliphatic rings. The normalized spacial score (nSPS) is 12.2. The van der Waals surface area contributed by atoms with Crippen LogP contribution in [0.25, 0.3) is 0 Å². The van der Waals surface area contributed by atoms with Gasteiger partial charge in [-0.05, 0) is 32.6 Å². The monoisotopic (exact) mass is 301 g/mol. The molecule has 0 fully saturated rings. The topological polar surface area (TPSA) is 45.2 Å². The molecule has 0 bridgehead atoms. The van der Waals surface area contributed by atoms with Gasteiger partial charge in [-0.3, -0.25) is 9.78 Å². The average Bonchev–Trinajstić information content (AvgIpc) is 2.48. The zero-order chi connectivity index (χ0) is 16.1. The molecule has 1 heterocycles. The molecule has 2 aromatic rings. The van der Waals surface area contributed by atoms with Gasteiger partial charge < -0.3 is 10.2 Å². The molecule has 1 N–H and O–H groups in total. The Bertz CT molecular complexity index is 641. The van der Waals surface area contributed by atoms with Crippen molar-refractivity contribution in [2.75, 3.05) is 20.6 Å². The van der Waals surface area contributed by atoms with Gasteiger partial charge >= 0.3 is 0 Å². The Labute approximate surface area is 130 Å². The van der Waals surface area contributed by atoms with Gasteiger partial charge in [0.05, 0.1) is 17.8 Å². The third kappa shape index (κ3) is 4.11. The summed E-state index contributed by atoms with van der Waals surface area (Å²) in [6.45, 7) is 2.47. The molecule has 1 amide bonds. The standard InChI is InChI=1S/C17H20FN3O/c1-12-4-6-13(7-5-12)16(21(2)3)11-20-17(22)14-8-15(18)10-19-9-14/h4-10,16H,11H2,1-3H3,(H,20,22)/t16-/m0/s1. The van der Waals surface area contributed by atoms with Crippen molar-refractivity contribution in [1.29, 1.82) is 0 Å². The quantitative estimate of drug-likeness (QED) is 0.923. The number of halogens is 1. The van der Waals surface area contributed by atoms with Crippen molar-refractivity contribution in [2.24, 2.45) is 0 Å². The second kappa shape index (κ2) is 7.13.